The molecule has 0 aliphatic carbocycles. The van der Waals surface area contributed by atoms with E-state index in [1.165, 1.54) is 0 Å². The Labute approximate surface area is 144 Å². The maximum absolute atomic E-state index is 5.83. The average molecular weight is 325 g/mol. The van der Waals surface area contributed by atoms with Crippen molar-refractivity contribution in [3.8, 4) is 0 Å². The Kier molecular flexibility index (Phi) is 3.20. The molecule has 3 heterocycles. The number of hydrogen-bond donors (Lipinski definition) is 0. The molecule has 0 spiro atoms. The van der Waals surface area contributed by atoms with Crippen LogP contribution < -0.4 is 0 Å². The topological polar surface area (TPSA) is 47.4 Å². The van der Waals surface area contributed by atoms with Crippen molar-refractivity contribution in [3.63, 3.8) is 0 Å². The summed E-state index contributed by atoms with van der Waals surface area (Å²) >= 11 is 0. The highest BCUT2D eigenvalue weighted by Crippen LogP contribution is 2.26. The zero-order valence-electron chi connectivity index (χ0n) is 13.5. The Balaban J connectivity index is 1.60. The first kappa shape index (κ1) is 14.1. The smallest absolute Gasteiger partial charge is 0.236 e. The fourth-order valence-corrected chi connectivity index (χ4v) is 3.20. The van der Waals surface area contributed by atoms with Gasteiger partial charge in [0.15, 0.2) is 0 Å². The summed E-state index contributed by atoms with van der Waals surface area (Å²) in [6.45, 7) is 0.548. The highest BCUT2D eigenvalue weighted by atomic mass is 16.5. The van der Waals surface area contributed by atoms with Crippen molar-refractivity contribution >= 4 is 27.7 Å². The van der Waals surface area contributed by atoms with Crippen LogP contribution in [0.15, 0.2) is 77.9 Å². The van der Waals surface area contributed by atoms with Gasteiger partial charge in [0.1, 0.15) is 18.3 Å². The molecule has 0 N–H and O–H groups in total. The summed E-state index contributed by atoms with van der Waals surface area (Å²) in [6, 6.07) is 22.4. The molecule has 4 aromatic rings. The molecule has 0 radical (unpaired) electrons. The molecular weight excluding hydrogens is 310 g/mol. The first-order valence-electron chi connectivity index (χ1n) is 8.29. The van der Waals surface area contributed by atoms with Crippen LogP contribution in [0.1, 0.15) is 17.3 Å². The first-order chi connectivity index (χ1) is 12.4. The molecule has 1 atom stereocenters. The van der Waals surface area contributed by atoms with E-state index in [0.717, 1.165) is 33.1 Å². The lowest BCUT2D eigenvalue weighted by molar-refractivity contribution is 0.319. The molecule has 2 aromatic carbocycles. The van der Waals surface area contributed by atoms with E-state index in [9.17, 15) is 0 Å². The van der Waals surface area contributed by atoms with Crippen molar-refractivity contribution in [2.75, 3.05) is 6.61 Å². The minimum absolute atomic E-state index is 0.0272. The minimum Gasteiger partial charge on any atom is -0.474 e. The fraction of sp³-hybridized carbons (Fsp3) is 0.0952. The van der Waals surface area contributed by atoms with E-state index in [0.29, 0.717) is 12.5 Å². The second-order valence-electron chi connectivity index (χ2n) is 6.08. The van der Waals surface area contributed by atoms with E-state index in [1.54, 1.807) is 6.20 Å². The van der Waals surface area contributed by atoms with Crippen LogP contribution in [0.25, 0.3) is 21.8 Å². The zero-order valence-corrected chi connectivity index (χ0v) is 13.5. The molecule has 1 aliphatic heterocycles. The summed E-state index contributed by atoms with van der Waals surface area (Å²) < 4.78 is 5.83. The number of hydrogen-bond acceptors (Lipinski definition) is 4. The molecule has 0 fully saturated rings. The van der Waals surface area contributed by atoms with Crippen LogP contribution in [0.4, 0.5) is 0 Å². The quantitative estimate of drug-likeness (QED) is 0.516. The third kappa shape index (κ3) is 2.43. The second-order valence-corrected chi connectivity index (χ2v) is 6.08. The molecule has 0 bridgehead atoms. The lowest BCUT2D eigenvalue weighted by Gasteiger charge is -2.05. The zero-order chi connectivity index (χ0) is 16.6. The molecule has 2 aromatic heterocycles. The maximum atomic E-state index is 5.83. The second kappa shape index (κ2) is 5.67. The summed E-state index contributed by atoms with van der Waals surface area (Å²) in [4.78, 5) is 14.0. The van der Waals surface area contributed by atoms with Crippen molar-refractivity contribution in [1.82, 2.24) is 9.97 Å². The molecule has 120 valence electrons. The van der Waals surface area contributed by atoms with E-state index in [2.05, 4.69) is 29.2 Å². The lowest BCUT2D eigenvalue weighted by atomic mass is 10.1. The number of pyridine rings is 2. The Bertz CT molecular complexity index is 1110. The van der Waals surface area contributed by atoms with Crippen molar-refractivity contribution in [3.05, 3.63) is 84.2 Å². The first-order valence-corrected chi connectivity index (χ1v) is 8.29. The Morgan fingerprint density at radius 3 is 2.48 bits per heavy atom. The van der Waals surface area contributed by atoms with Gasteiger partial charge in [-0.25, -0.2) is 9.98 Å². The van der Waals surface area contributed by atoms with Crippen molar-refractivity contribution in [2.24, 2.45) is 4.99 Å². The van der Waals surface area contributed by atoms with Gasteiger partial charge in [0.05, 0.1) is 11.0 Å². The van der Waals surface area contributed by atoms with Crippen molar-refractivity contribution in [2.45, 2.75) is 6.04 Å². The summed E-state index contributed by atoms with van der Waals surface area (Å²) in [6.07, 6.45) is 1.80. The molecular formula is C21H15N3O. The largest absolute Gasteiger partial charge is 0.474 e. The van der Waals surface area contributed by atoms with Gasteiger partial charge in [0, 0.05) is 17.0 Å². The van der Waals surface area contributed by atoms with Crippen LogP contribution in [0.3, 0.4) is 0 Å². The predicted octanol–water partition coefficient (Wildman–Crippen LogP) is 4.30. The molecule has 0 saturated heterocycles. The van der Waals surface area contributed by atoms with Gasteiger partial charge in [0.2, 0.25) is 5.90 Å². The van der Waals surface area contributed by atoms with Gasteiger partial charge in [0.25, 0.3) is 0 Å². The van der Waals surface area contributed by atoms with Crippen LogP contribution in [-0.2, 0) is 4.74 Å². The fourth-order valence-electron chi connectivity index (χ4n) is 3.20. The lowest BCUT2D eigenvalue weighted by Crippen LogP contribution is -2.04. The van der Waals surface area contributed by atoms with Crippen LogP contribution >= 0.6 is 0 Å². The Morgan fingerprint density at radius 2 is 1.60 bits per heavy atom. The average Bonchev–Trinajstić information content (AvgIpc) is 3.18. The normalized spacial score (nSPS) is 16.8. The summed E-state index contributed by atoms with van der Waals surface area (Å²) in [5.41, 5.74) is 3.69. The Hall–Kier alpha value is -3.27. The molecule has 5 rings (SSSR count). The van der Waals surface area contributed by atoms with Crippen LogP contribution in [0, 0.1) is 0 Å². The van der Waals surface area contributed by atoms with Crippen molar-refractivity contribution in [1.29, 1.82) is 0 Å². The Morgan fingerprint density at radius 1 is 0.800 bits per heavy atom. The third-order valence-corrected chi connectivity index (χ3v) is 4.49. The molecule has 0 saturated carbocycles. The molecule has 1 aliphatic rings. The number of aromatic nitrogens is 2. The van der Waals surface area contributed by atoms with E-state index >= 15 is 0 Å². The molecule has 0 amide bonds. The van der Waals surface area contributed by atoms with E-state index in [-0.39, 0.29) is 6.04 Å². The summed E-state index contributed by atoms with van der Waals surface area (Å²) in [5, 5.41) is 2.14. The molecule has 4 nitrogen and oxygen atoms in total. The van der Waals surface area contributed by atoms with Crippen LogP contribution in [-0.4, -0.2) is 22.5 Å². The number of aliphatic imine (C=N–C) groups is 1. The molecule has 25 heavy (non-hydrogen) atoms. The SMILES string of the molecule is c1ccc([C@H]2COC(c3ccc4ccc5cccnc5c4n3)=N2)cc1. The van der Waals surface area contributed by atoms with Crippen molar-refractivity contribution < 1.29 is 4.74 Å². The summed E-state index contributed by atoms with van der Waals surface area (Å²) in [7, 11) is 0. The number of benzene rings is 2. The predicted molar refractivity (Wildman–Crippen MR) is 98.7 cm³/mol. The number of ether oxygens (including phenoxy) is 1. The minimum atomic E-state index is 0.0272. The van der Waals surface area contributed by atoms with Gasteiger partial charge < -0.3 is 4.74 Å². The van der Waals surface area contributed by atoms with E-state index < -0.39 is 0 Å². The van der Waals surface area contributed by atoms with Crippen LogP contribution in [0.5, 0.6) is 0 Å². The van der Waals surface area contributed by atoms with Gasteiger partial charge in [-0.15, -0.1) is 0 Å². The van der Waals surface area contributed by atoms with Gasteiger partial charge in [-0.05, 0) is 17.7 Å². The third-order valence-electron chi connectivity index (χ3n) is 4.49. The molecule has 4 heteroatoms. The monoisotopic (exact) mass is 325 g/mol. The van der Waals surface area contributed by atoms with Gasteiger partial charge in [-0.3, -0.25) is 4.98 Å². The maximum Gasteiger partial charge on any atom is 0.236 e. The van der Waals surface area contributed by atoms with E-state index in [1.807, 2.05) is 42.5 Å². The van der Waals surface area contributed by atoms with Crippen LogP contribution in [0.2, 0.25) is 0 Å². The number of fused-ring (bicyclic) bond motifs is 3. The van der Waals surface area contributed by atoms with Gasteiger partial charge >= 0.3 is 0 Å². The van der Waals surface area contributed by atoms with E-state index in [4.69, 9.17) is 14.7 Å². The standard InChI is InChI=1S/C21H15N3O/c1-2-5-14(6-3-1)18-13-25-21(24-18)17-11-10-16-9-8-15-7-4-12-22-19(15)20(16)23-17/h1-12,18H,13H2/t18-/m1/s1. The number of rotatable bonds is 2. The van der Waals surface area contributed by atoms with Gasteiger partial charge in [-0.1, -0.05) is 54.6 Å². The number of nitrogens with zero attached hydrogens (tertiary/aromatic N) is 3. The highest BCUT2D eigenvalue weighted by molar-refractivity contribution is 6.04. The van der Waals surface area contributed by atoms with Gasteiger partial charge in [-0.2, -0.15) is 0 Å². The highest BCUT2D eigenvalue weighted by Gasteiger charge is 2.22. The summed E-state index contributed by atoms with van der Waals surface area (Å²) in [5.74, 6) is 0.601. The molecule has 0 unspecified atom stereocenters.